The van der Waals surface area contributed by atoms with Gasteiger partial charge in [-0.3, -0.25) is 14.4 Å². The number of methoxy groups -OCH3 is 1. The highest BCUT2D eigenvalue weighted by Gasteiger charge is 2.30. The van der Waals surface area contributed by atoms with E-state index in [0.717, 1.165) is 6.07 Å². The zero-order chi connectivity index (χ0) is 17.7. The molecule has 1 saturated carbocycles. The molecular weight excluding hydrogens is 317 g/mol. The van der Waals surface area contributed by atoms with Gasteiger partial charge in [0.25, 0.3) is 0 Å². The number of rotatable bonds is 7. The number of nitrogens with one attached hydrogen (secondary N) is 1. The molecule has 0 bridgehead atoms. The molecule has 7 heteroatoms. The fraction of sp³-hybridized carbons (Fsp3) is 0.471. The molecule has 1 aromatic rings. The number of Topliss-reactive ketones (excluding diaryl/α,β-unsaturated/α-hetero) is 1. The topological polar surface area (TPSA) is 92.7 Å². The van der Waals surface area contributed by atoms with Gasteiger partial charge in [0.15, 0.2) is 17.3 Å². The number of carboxylic acid groups (broad SMARTS) is 1. The average molecular weight is 337 g/mol. The second kappa shape index (κ2) is 7.90. The van der Waals surface area contributed by atoms with Crippen molar-refractivity contribution in [2.75, 3.05) is 7.11 Å². The number of carboxylic acids is 1. The van der Waals surface area contributed by atoms with Crippen LogP contribution in [-0.4, -0.2) is 35.9 Å². The molecule has 0 radical (unpaired) electrons. The average Bonchev–Trinajstić information content (AvgIpc) is 3.01. The van der Waals surface area contributed by atoms with E-state index < -0.39 is 17.7 Å². The fourth-order valence-electron chi connectivity index (χ4n) is 2.85. The van der Waals surface area contributed by atoms with Crippen LogP contribution in [-0.2, 0) is 9.59 Å². The van der Waals surface area contributed by atoms with E-state index in [4.69, 9.17) is 9.84 Å². The molecule has 130 valence electrons. The van der Waals surface area contributed by atoms with Gasteiger partial charge in [-0.15, -0.1) is 0 Å². The van der Waals surface area contributed by atoms with Gasteiger partial charge in [-0.25, -0.2) is 4.39 Å². The van der Waals surface area contributed by atoms with Crippen LogP contribution < -0.4 is 10.1 Å². The normalized spacial score (nSPS) is 19.8. The molecule has 0 spiro atoms. The number of hydrogen-bond acceptors (Lipinski definition) is 4. The standard InChI is InChI=1S/C17H20FNO5/c1-24-15-6-3-10(9-13(15)18)14(20)5-7-16(21)19-12-4-2-11(8-12)17(22)23/h3,6,9,11-12H,2,4-5,7-8H2,1H3,(H,19,21)(H,22,23)/t11-,12+/m0/s1. The molecule has 0 aromatic heterocycles. The SMILES string of the molecule is COc1ccc(C(=O)CCC(=O)N[C@@H]2CC[C@H](C(=O)O)C2)cc1F. The van der Waals surface area contributed by atoms with E-state index in [9.17, 15) is 18.8 Å². The second-order valence-corrected chi connectivity index (χ2v) is 5.89. The number of carbonyl (C=O) groups is 3. The Balaban J connectivity index is 1.80. The Morgan fingerprint density at radius 1 is 1.29 bits per heavy atom. The summed E-state index contributed by atoms with van der Waals surface area (Å²) in [7, 11) is 1.34. The lowest BCUT2D eigenvalue weighted by molar-refractivity contribution is -0.141. The lowest BCUT2D eigenvalue weighted by atomic mass is 10.1. The summed E-state index contributed by atoms with van der Waals surface area (Å²) in [5, 5.41) is 11.7. The van der Waals surface area contributed by atoms with Crippen LogP contribution in [0.4, 0.5) is 4.39 Å². The lowest BCUT2D eigenvalue weighted by Gasteiger charge is -2.12. The van der Waals surface area contributed by atoms with Crippen molar-refractivity contribution < 1.29 is 28.6 Å². The summed E-state index contributed by atoms with van der Waals surface area (Å²) < 4.78 is 18.4. The molecule has 2 atom stereocenters. The number of amides is 1. The molecule has 2 rings (SSSR count). The molecule has 1 aliphatic carbocycles. The molecule has 1 fully saturated rings. The van der Waals surface area contributed by atoms with Gasteiger partial charge in [-0.2, -0.15) is 0 Å². The first-order chi connectivity index (χ1) is 11.4. The highest BCUT2D eigenvalue weighted by atomic mass is 19.1. The van der Waals surface area contributed by atoms with Gasteiger partial charge in [0.2, 0.25) is 5.91 Å². The van der Waals surface area contributed by atoms with Crippen molar-refractivity contribution in [3.63, 3.8) is 0 Å². The number of aliphatic carboxylic acids is 1. The molecule has 1 aliphatic rings. The minimum Gasteiger partial charge on any atom is -0.494 e. The predicted molar refractivity (Wildman–Crippen MR) is 83.4 cm³/mol. The summed E-state index contributed by atoms with van der Waals surface area (Å²) in [6.45, 7) is 0. The molecule has 2 N–H and O–H groups in total. The first-order valence-corrected chi connectivity index (χ1v) is 7.79. The van der Waals surface area contributed by atoms with Gasteiger partial charge in [0.1, 0.15) is 0 Å². The van der Waals surface area contributed by atoms with Crippen LogP contribution in [0, 0.1) is 11.7 Å². The van der Waals surface area contributed by atoms with Crippen LogP contribution >= 0.6 is 0 Å². The van der Waals surface area contributed by atoms with Crippen LogP contribution in [0.1, 0.15) is 42.5 Å². The van der Waals surface area contributed by atoms with E-state index in [1.807, 2.05) is 0 Å². The van der Waals surface area contributed by atoms with Gasteiger partial charge in [0.05, 0.1) is 13.0 Å². The van der Waals surface area contributed by atoms with E-state index in [-0.39, 0.29) is 41.9 Å². The van der Waals surface area contributed by atoms with Crippen molar-refractivity contribution in [1.82, 2.24) is 5.32 Å². The molecule has 0 saturated heterocycles. The van der Waals surface area contributed by atoms with Crippen LogP contribution in [0.2, 0.25) is 0 Å². The Kier molecular flexibility index (Phi) is 5.89. The second-order valence-electron chi connectivity index (χ2n) is 5.89. The number of halogens is 1. The quantitative estimate of drug-likeness (QED) is 0.744. The van der Waals surface area contributed by atoms with Crippen molar-refractivity contribution in [2.45, 2.75) is 38.1 Å². The maximum atomic E-state index is 13.6. The van der Waals surface area contributed by atoms with Crippen molar-refractivity contribution in [2.24, 2.45) is 5.92 Å². The van der Waals surface area contributed by atoms with Gasteiger partial charge in [0, 0.05) is 24.4 Å². The molecule has 0 heterocycles. The number of hydrogen-bond donors (Lipinski definition) is 2. The van der Waals surface area contributed by atoms with Crippen molar-refractivity contribution >= 4 is 17.7 Å². The predicted octanol–water partition coefficient (Wildman–Crippen LogP) is 2.17. The summed E-state index contributed by atoms with van der Waals surface area (Å²) in [6.07, 6.45) is 1.54. The lowest BCUT2D eigenvalue weighted by Crippen LogP contribution is -2.33. The van der Waals surface area contributed by atoms with Crippen LogP contribution in [0.5, 0.6) is 5.75 Å². The van der Waals surface area contributed by atoms with Crippen LogP contribution in [0.25, 0.3) is 0 Å². The Hall–Kier alpha value is -2.44. The van der Waals surface area contributed by atoms with E-state index in [1.165, 1.54) is 19.2 Å². The zero-order valence-corrected chi connectivity index (χ0v) is 13.4. The van der Waals surface area contributed by atoms with Gasteiger partial charge < -0.3 is 15.2 Å². The summed E-state index contributed by atoms with van der Waals surface area (Å²) >= 11 is 0. The monoisotopic (exact) mass is 337 g/mol. The third-order valence-electron chi connectivity index (χ3n) is 4.20. The number of carbonyl (C=O) groups excluding carboxylic acids is 2. The zero-order valence-electron chi connectivity index (χ0n) is 13.4. The molecule has 0 unspecified atom stereocenters. The maximum absolute atomic E-state index is 13.6. The highest BCUT2D eigenvalue weighted by Crippen LogP contribution is 2.25. The molecule has 0 aliphatic heterocycles. The third-order valence-corrected chi connectivity index (χ3v) is 4.20. The fourth-order valence-corrected chi connectivity index (χ4v) is 2.85. The molecular formula is C17H20FNO5. The summed E-state index contributed by atoms with van der Waals surface area (Å²) in [6, 6.07) is 3.75. The number of benzene rings is 1. The summed E-state index contributed by atoms with van der Waals surface area (Å²) in [4.78, 5) is 34.8. The number of ketones is 1. The Morgan fingerprint density at radius 3 is 2.62 bits per heavy atom. The largest absolute Gasteiger partial charge is 0.494 e. The van der Waals surface area contributed by atoms with Gasteiger partial charge >= 0.3 is 5.97 Å². The van der Waals surface area contributed by atoms with Crippen molar-refractivity contribution in [3.8, 4) is 5.75 Å². The van der Waals surface area contributed by atoms with Gasteiger partial charge in [-0.05, 0) is 37.5 Å². The first kappa shape index (κ1) is 17.9. The van der Waals surface area contributed by atoms with Gasteiger partial charge in [-0.1, -0.05) is 0 Å². The Morgan fingerprint density at radius 2 is 2.04 bits per heavy atom. The minimum absolute atomic E-state index is 0.0132. The molecule has 1 amide bonds. The first-order valence-electron chi connectivity index (χ1n) is 7.79. The van der Waals surface area contributed by atoms with E-state index in [2.05, 4.69) is 5.32 Å². The Bertz CT molecular complexity index is 646. The molecule has 6 nitrogen and oxygen atoms in total. The van der Waals surface area contributed by atoms with Crippen LogP contribution in [0.15, 0.2) is 18.2 Å². The van der Waals surface area contributed by atoms with Crippen molar-refractivity contribution in [1.29, 1.82) is 0 Å². The highest BCUT2D eigenvalue weighted by molar-refractivity contribution is 5.98. The summed E-state index contributed by atoms with van der Waals surface area (Å²) in [5.41, 5.74) is 0.188. The smallest absolute Gasteiger partial charge is 0.306 e. The third kappa shape index (κ3) is 4.53. The van der Waals surface area contributed by atoms with E-state index >= 15 is 0 Å². The molecule has 24 heavy (non-hydrogen) atoms. The maximum Gasteiger partial charge on any atom is 0.306 e. The van der Waals surface area contributed by atoms with Crippen molar-refractivity contribution in [3.05, 3.63) is 29.6 Å². The minimum atomic E-state index is -0.844. The molecule has 1 aromatic carbocycles. The van der Waals surface area contributed by atoms with E-state index in [0.29, 0.717) is 19.3 Å². The summed E-state index contributed by atoms with van der Waals surface area (Å²) in [5.74, 6) is -2.46. The Labute approximate surface area is 139 Å². The van der Waals surface area contributed by atoms with Crippen LogP contribution in [0.3, 0.4) is 0 Å². The van der Waals surface area contributed by atoms with E-state index in [1.54, 1.807) is 0 Å². The number of ether oxygens (including phenoxy) is 1.